The highest BCUT2D eigenvalue weighted by molar-refractivity contribution is 8.00. The summed E-state index contributed by atoms with van der Waals surface area (Å²) in [5.74, 6) is 0.511. The molecule has 0 spiro atoms. The maximum Gasteiger partial charge on any atom is 0.264 e. The van der Waals surface area contributed by atoms with E-state index in [1.165, 1.54) is 0 Å². The lowest BCUT2D eigenvalue weighted by Gasteiger charge is -2.01. The van der Waals surface area contributed by atoms with E-state index in [4.69, 9.17) is 0 Å². The lowest BCUT2D eigenvalue weighted by Crippen LogP contribution is -2.23. The van der Waals surface area contributed by atoms with Crippen molar-refractivity contribution in [1.82, 2.24) is 4.72 Å². The summed E-state index contributed by atoms with van der Waals surface area (Å²) in [4.78, 5) is 4.76. The SMILES string of the molecule is CC1=C(c2ccccc2)S(=O)(=O)NC1=NC1CC1. The molecule has 0 radical (unpaired) electrons. The van der Waals surface area contributed by atoms with Crippen molar-refractivity contribution in [3.63, 3.8) is 0 Å². The quantitative estimate of drug-likeness (QED) is 0.885. The van der Waals surface area contributed by atoms with E-state index in [2.05, 4.69) is 9.71 Å². The van der Waals surface area contributed by atoms with E-state index in [9.17, 15) is 8.42 Å². The smallest absolute Gasteiger partial charge is 0.264 e. The monoisotopic (exact) mass is 262 g/mol. The predicted molar refractivity (Wildman–Crippen MR) is 71.5 cm³/mol. The molecule has 0 atom stereocenters. The zero-order valence-corrected chi connectivity index (χ0v) is 10.9. The van der Waals surface area contributed by atoms with Crippen LogP contribution in [0.3, 0.4) is 0 Å². The maximum atomic E-state index is 12.1. The first-order valence-electron chi connectivity index (χ1n) is 5.95. The summed E-state index contributed by atoms with van der Waals surface area (Å²) in [6, 6.07) is 9.44. The van der Waals surface area contributed by atoms with Gasteiger partial charge >= 0.3 is 0 Å². The average Bonchev–Trinajstić information content (AvgIpc) is 3.09. The van der Waals surface area contributed by atoms with Crippen LogP contribution in [-0.2, 0) is 10.0 Å². The van der Waals surface area contributed by atoms with Crippen molar-refractivity contribution in [3.8, 4) is 0 Å². The molecule has 0 bridgehead atoms. The van der Waals surface area contributed by atoms with Gasteiger partial charge in [-0.05, 0) is 25.3 Å². The van der Waals surface area contributed by atoms with E-state index in [1.54, 1.807) is 19.1 Å². The minimum atomic E-state index is -3.46. The van der Waals surface area contributed by atoms with Gasteiger partial charge in [-0.25, -0.2) is 8.42 Å². The normalized spacial score (nSPS) is 24.4. The molecule has 1 heterocycles. The number of hydrogen-bond donors (Lipinski definition) is 1. The van der Waals surface area contributed by atoms with Crippen LogP contribution in [0.1, 0.15) is 25.3 Å². The summed E-state index contributed by atoms with van der Waals surface area (Å²) >= 11 is 0. The minimum absolute atomic E-state index is 0.299. The molecule has 1 N–H and O–H groups in total. The van der Waals surface area contributed by atoms with Crippen molar-refractivity contribution in [2.45, 2.75) is 25.8 Å². The van der Waals surface area contributed by atoms with Crippen LogP contribution in [-0.4, -0.2) is 20.3 Å². The number of aliphatic imine (C=N–C) groups is 1. The summed E-state index contributed by atoms with van der Waals surface area (Å²) in [6.07, 6.45) is 2.11. The molecule has 0 saturated heterocycles. The van der Waals surface area contributed by atoms with Gasteiger partial charge in [0.15, 0.2) is 0 Å². The number of nitrogens with one attached hydrogen (secondary N) is 1. The van der Waals surface area contributed by atoms with Crippen molar-refractivity contribution in [1.29, 1.82) is 0 Å². The Bertz CT molecular complexity index is 641. The molecule has 18 heavy (non-hydrogen) atoms. The highest BCUT2D eigenvalue weighted by atomic mass is 32.2. The Morgan fingerprint density at radius 3 is 2.50 bits per heavy atom. The topological polar surface area (TPSA) is 58.5 Å². The lowest BCUT2D eigenvalue weighted by molar-refractivity contribution is 0.603. The van der Waals surface area contributed by atoms with E-state index in [1.807, 2.05) is 18.2 Å². The molecule has 1 aromatic rings. The molecule has 1 aliphatic carbocycles. The molecule has 1 aromatic carbocycles. The van der Waals surface area contributed by atoms with Crippen LogP contribution >= 0.6 is 0 Å². The number of nitrogens with zero attached hydrogens (tertiary/aromatic N) is 1. The van der Waals surface area contributed by atoms with Crippen molar-refractivity contribution in [3.05, 3.63) is 41.5 Å². The first-order chi connectivity index (χ1) is 8.58. The van der Waals surface area contributed by atoms with Gasteiger partial charge in [0.05, 0.1) is 6.04 Å². The fourth-order valence-electron chi connectivity index (χ4n) is 2.03. The van der Waals surface area contributed by atoms with Gasteiger partial charge in [-0.3, -0.25) is 9.71 Å². The van der Waals surface area contributed by atoms with Gasteiger partial charge in [-0.15, -0.1) is 0 Å². The standard InChI is InChI=1S/C13H14N2O2S/c1-9-12(10-5-3-2-4-6-10)18(16,17)15-13(9)14-11-7-8-11/h2-6,11H,7-8H2,1H3,(H,14,15). The van der Waals surface area contributed by atoms with E-state index in [0.717, 1.165) is 12.8 Å². The third-order valence-electron chi connectivity index (χ3n) is 3.09. The Kier molecular flexibility index (Phi) is 2.52. The van der Waals surface area contributed by atoms with Gasteiger partial charge in [0.1, 0.15) is 10.7 Å². The van der Waals surface area contributed by atoms with Crippen LogP contribution in [0, 0.1) is 0 Å². The van der Waals surface area contributed by atoms with E-state index in [0.29, 0.717) is 27.9 Å². The van der Waals surface area contributed by atoms with Crippen LogP contribution in [0.5, 0.6) is 0 Å². The number of sulfonamides is 1. The average molecular weight is 262 g/mol. The van der Waals surface area contributed by atoms with Gasteiger partial charge in [-0.2, -0.15) is 0 Å². The van der Waals surface area contributed by atoms with Gasteiger partial charge in [0.2, 0.25) is 0 Å². The summed E-state index contributed by atoms with van der Waals surface area (Å²) in [5, 5.41) is 0. The Labute approximate surface area is 106 Å². The molecule has 4 nitrogen and oxygen atoms in total. The molecule has 3 rings (SSSR count). The minimum Gasteiger partial charge on any atom is -0.264 e. The Balaban J connectivity index is 2.12. The summed E-state index contributed by atoms with van der Waals surface area (Å²) in [5.41, 5.74) is 1.43. The third kappa shape index (κ3) is 1.95. The number of amidine groups is 1. The number of benzene rings is 1. The molecule has 5 heteroatoms. The van der Waals surface area contributed by atoms with E-state index >= 15 is 0 Å². The Hall–Kier alpha value is -1.62. The molecule has 0 aromatic heterocycles. The molecule has 1 saturated carbocycles. The zero-order chi connectivity index (χ0) is 12.8. The second-order valence-electron chi connectivity index (χ2n) is 4.63. The Morgan fingerprint density at radius 2 is 1.89 bits per heavy atom. The van der Waals surface area contributed by atoms with Crippen LogP contribution in [0.25, 0.3) is 4.91 Å². The van der Waals surface area contributed by atoms with Crippen LogP contribution in [0.15, 0.2) is 40.9 Å². The molecule has 0 amide bonds. The van der Waals surface area contributed by atoms with Crippen molar-refractivity contribution in [2.24, 2.45) is 4.99 Å². The fraction of sp³-hybridized carbons (Fsp3) is 0.308. The molecule has 94 valence electrons. The summed E-state index contributed by atoms with van der Waals surface area (Å²) < 4.78 is 26.8. The van der Waals surface area contributed by atoms with Crippen molar-refractivity contribution < 1.29 is 8.42 Å². The van der Waals surface area contributed by atoms with Crippen LogP contribution < -0.4 is 4.72 Å². The van der Waals surface area contributed by atoms with Crippen molar-refractivity contribution in [2.75, 3.05) is 0 Å². The molecule has 1 aliphatic heterocycles. The largest absolute Gasteiger partial charge is 0.264 e. The first-order valence-corrected chi connectivity index (χ1v) is 7.43. The Morgan fingerprint density at radius 1 is 1.22 bits per heavy atom. The fourth-order valence-corrected chi connectivity index (χ4v) is 3.54. The van der Waals surface area contributed by atoms with Gasteiger partial charge in [-0.1, -0.05) is 30.3 Å². The highest BCUT2D eigenvalue weighted by Crippen LogP contribution is 2.31. The molecule has 2 aliphatic rings. The van der Waals surface area contributed by atoms with Gasteiger partial charge < -0.3 is 0 Å². The van der Waals surface area contributed by atoms with Crippen molar-refractivity contribution >= 4 is 20.8 Å². The van der Waals surface area contributed by atoms with Gasteiger partial charge in [0.25, 0.3) is 10.0 Å². The molecular formula is C13H14N2O2S. The van der Waals surface area contributed by atoms with Crippen LogP contribution in [0.2, 0.25) is 0 Å². The number of hydrogen-bond acceptors (Lipinski definition) is 3. The second-order valence-corrected chi connectivity index (χ2v) is 6.25. The van der Waals surface area contributed by atoms with Gasteiger partial charge in [0, 0.05) is 5.57 Å². The molecular weight excluding hydrogens is 248 g/mol. The first kappa shape index (κ1) is 11.5. The molecule has 0 unspecified atom stereocenters. The third-order valence-corrected chi connectivity index (χ3v) is 4.63. The zero-order valence-electron chi connectivity index (χ0n) is 10.1. The maximum absolute atomic E-state index is 12.1. The summed E-state index contributed by atoms with van der Waals surface area (Å²) in [6.45, 7) is 1.81. The van der Waals surface area contributed by atoms with E-state index in [-0.39, 0.29) is 0 Å². The predicted octanol–water partition coefficient (Wildman–Crippen LogP) is 1.91. The van der Waals surface area contributed by atoms with E-state index < -0.39 is 10.0 Å². The molecule has 1 fully saturated rings. The number of rotatable bonds is 2. The lowest BCUT2D eigenvalue weighted by atomic mass is 10.1. The highest BCUT2D eigenvalue weighted by Gasteiger charge is 2.34. The second kappa shape index (κ2) is 3.95. The van der Waals surface area contributed by atoms with Crippen LogP contribution in [0.4, 0.5) is 0 Å². The summed E-state index contributed by atoms with van der Waals surface area (Å²) in [7, 11) is -3.46.